The quantitative estimate of drug-likeness (QED) is 0.865. The van der Waals surface area contributed by atoms with Crippen LogP contribution < -0.4 is 0 Å². The number of hydrogen-bond acceptors (Lipinski definition) is 2. The molecule has 0 aromatic heterocycles. The zero-order valence-electron chi connectivity index (χ0n) is 10.0. The number of carbonyl (C=O) groups excluding carboxylic acids is 1. The highest BCUT2D eigenvalue weighted by Gasteiger charge is 2.36. The van der Waals surface area contributed by atoms with Gasteiger partial charge in [-0.05, 0) is 44.9 Å². The monoisotopic (exact) mass is 297 g/mol. The van der Waals surface area contributed by atoms with Crippen LogP contribution in [0.5, 0.6) is 5.75 Å². The highest BCUT2D eigenvalue weighted by molar-refractivity contribution is 9.10. The standard InChI is InChI=1S/C13H16BrNO2/c1-13(2)6-3-7-15(13)12(17)10-8-9(14)4-5-11(10)16/h4-5,8,16H,3,6-7H2,1-2H3. The summed E-state index contributed by atoms with van der Waals surface area (Å²) in [5.41, 5.74) is 0.251. The molecule has 0 radical (unpaired) electrons. The lowest BCUT2D eigenvalue weighted by atomic mass is 10.0. The second-order valence-electron chi connectivity index (χ2n) is 5.03. The first-order valence-corrected chi connectivity index (χ1v) is 6.51. The van der Waals surface area contributed by atoms with E-state index in [2.05, 4.69) is 29.8 Å². The van der Waals surface area contributed by atoms with E-state index in [1.165, 1.54) is 0 Å². The number of halogens is 1. The second kappa shape index (κ2) is 4.33. The van der Waals surface area contributed by atoms with Crippen molar-refractivity contribution in [3.8, 4) is 5.75 Å². The molecule has 3 nitrogen and oxygen atoms in total. The third-order valence-electron chi connectivity index (χ3n) is 3.34. The molecule has 1 aromatic rings. The molecule has 1 aliphatic heterocycles. The van der Waals surface area contributed by atoms with E-state index >= 15 is 0 Å². The first-order valence-electron chi connectivity index (χ1n) is 5.72. The van der Waals surface area contributed by atoms with Crippen molar-refractivity contribution in [2.75, 3.05) is 6.54 Å². The number of benzene rings is 1. The largest absolute Gasteiger partial charge is 0.507 e. The fraction of sp³-hybridized carbons (Fsp3) is 0.462. The van der Waals surface area contributed by atoms with Gasteiger partial charge in [0, 0.05) is 16.6 Å². The Balaban J connectivity index is 2.34. The van der Waals surface area contributed by atoms with Crippen molar-refractivity contribution >= 4 is 21.8 Å². The van der Waals surface area contributed by atoms with Crippen LogP contribution in [-0.4, -0.2) is 28.0 Å². The molecule has 1 aromatic carbocycles. The van der Waals surface area contributed by atoms with Gasteiger partial charge in [-0.1, -0.05) is 15.9 Å². The molecule has 0 spiro atoms. The van der Waals surface area contributed by atoms with Crippen molar-refractivity contribution in [3.05, 3.63) is 28.2 Å². The third kappa shape index (κ3) is 2.32. The fourth-order valence-corrected chi connectivity index (χ4v) is 2.67. The molecule has 92 valence electrons. The smallest absolute Gasteiger partial charge is 0.258 e. The lowest BCUT2D eigenvalue weighted by Gasteiger charge is -2.31. The van der Waals surface area contributed by atoms with E-state index in [1.54, 1.807) is 18.2 Å². The minimum Gasteiger partial charge on any atom is -0.507 e. The zero-order valence-corrected chi connectivity index (χ0v) is 11.6. The van der Waals surface area contributed by atoms with Crippen LogP contribution in [0.3, 0.4) is 0 Å². The molecule has 0 bridgehead atoms. The maximum absolute atomic E-state index is 12.4. The lowest BCUT2D eigenvalue weighted by Crippen LogP contribution is -2.42. The molecular formula is C13H16BrNO2. The Kier molecular flexibility index (Phi) is 3.17. The molecule has 17 heavy (non-hydrogen) atoms. The number of phenolic OH excluding ortho intramolecular Hbond substituents is 1. The number of aromatic hydroxyl groups is 1. The van der Waals surface area contributed by atoms with Crippen LogP contribution in [0.4, 0.5) is 0 Å². The van der Waals surface area contributed by atoms with E-state index in [0.717, 1.165) is 23.9 Å². The minimum atomic E-state index is -0.119. The fourth-order valence-electron chi connectivity index (χ4n) is 2.31. The van der Waals surface area contributed by atoms with E-state index in [0.29, 0.717) is 5.56 Å². The average Bonchev–Trinajstić information content (AvgIpc) is 2.61. The van der Waals surface area contributed by atoms with Gasteiger partial charge in [-0.15, -0.1) is 0 Å². The summed E-state index contributed by atoms with van der Waals surface area (Å²) in [5.74, 6) is -0.0489. The lowest BCUT2D eigenvalue weighted by molar-refractivity contribution is 0.0649. The predicted octanol–water partition coefficient (Wildman–Crippen LogP) is 3.17. The van der Waals surface area contributed by atoms with Gasteiger partial charge in [0.05, 0.1) is 5.56 Å². The highest BCUT2D eigenvalue weighted by atomic mass is 79.9. The van der Waals surface area contributed by atoms with E-state index < -0.39 is 0 Å². The summed E-state index contributed by atoms with van der Waals surface area (Å²) in [6.07, 6.45) is 2.03. The topological polar surface area (TPSA) is 40.5 Å². The van der Waals surface area contributed by atoms with E-state index in [1.807, 2.05) is 4.90 Å². The van der Waals surface area contributed by atoms with E-state index in [9.17, 15) is 9.90 Å². The van der Waals surface area contributed by atoms with Gasteiger partial charge in [0.2, 0.25) is 0 Å². The maximum atomic E-state index is 12.4. The molecule has 2 rings (SSSR count). The van der Waals surface area contributed by atoms with Crippen molar-refractivity contribution in [3.63, 3.8) is 0 Å². The van der Waals surface area contributed by atoms with Crippen molar-refractivity contribution in [2.24, 2.45) is 0 Å². The van der Waals surface area contributed by atoms with Gasteiger partial charge in [0.1, 0.15) is 5.75 Å². The highest BCUT2D eigenvalue weighted by Crippen LogP contribution is 2.32. The summed E-state index contributed by atoms with van der Waals surface area (Å²) >= 11 is 3.32. The molecule has 1 heterocycles. The Bertz CT molecular complexity index is 457. The average molecular weight is 298 g/mol. The molecule has 4 heteroatoms. The summed E-state index contributed by atoms with van der Waals surface area (Å²) in [6, 6.07) is 4.94. The summed E-state index contributed by atoms with van der Waals surface area (Å²) in [5, 5.41) is 9.77. The van der Waals surface area contributed by atoms with Crippen molar-refractivity contribution in [2.45, 2.75) is 32.2 Å². The molecular weight excluding hydrogens is 282 g/mol. The van der Waals surface area contributed by atoms with Crippen LogP contribution in [-0.2, 0) is 0 Å². The number of carbonyl (C=O) groups is 1. The summed E-state index contributed by atoms with van der Waals surface area (Å²) < 4.78 is 0.802. The first-order chi connectivity index (χ1) is 7.92. The Hall–Kier alpha value is -1.03. The molecule has 0 saturated carbocycles. The van der Waals surface area contributed by atoms with E-state index in [-0.39, 0.29) is 17.2 Å². The molecule has 1 saturated heterocycles. The number of rotatable bonds is 1. The number of likely N-dealkylation sites (tertiary alicyclic amines) is 1. The maximum Gasteiger partial charge on any atom is 0.258 e. The number of amides is 1. The van der Waals surface area contributed by atoms with Gasteiger partial charge < -0.3 is 10.0 Å². The van der Waals surface area contributed by atoms with Crippen molar-refractivity contribution in [1.82, 2.24) is 4.90 Å². The molecule has 1 amide bonds. The summed E-state index contributed by atoms with van der Waals surface area (Å²) in [7, 11) is 0. The Morgan fingerprint density at radius 1 is 1.47 bits per heavy atom. The second-order valence-corrected chi connectivity index (χ2v) is 5.95. The molecule has 0 unspecified atom stereocenters. The molecule has 0 aliphatic carbocycles. The Labute approximate surface area is 110 Å². The van der Waals surface area contributed by atoms with Crippen LogP contribution in [0.2, 0.25) is 0 Å². The van der Waals surface area contributed by atoms with E-state index in [4.69, 9.17) is 0 Å². The van der Waals surface area contributed by atoms with Crippen LogP contribution in [0, 0.1) is 0 Å². The summed E-state index contributed by atoms with van der Waals surface area (Å²) in [4.78, 5) is 14.2. The van der Waals surface area contributed by atoms with Gasteiger partial charge in [-0.25, -0.2) is 0 Å². The molecule has 1 N–H and O–H groups in total. The molecule has 0 atom stereocenters. The third-order valence-corrected chi connectivity index (χ3v) is 3.83. The van der Waals surface area contributed by atoms with Crippen LogP contribution in [0.25, 0.3) is 0 Å². The summed E-state index contributed by atoms with van der Waals surface area (Å²) in [6.45, 7) is 4.89. The predicted molar refractivity (Wildman–Crippen MR) is 70.2 cm³/mol. The SMILES string of the molecule is CC1(C)CCCN1C(=O)c1cc(Br)ccc1O. The number of hydrogen-bond donors (Lipinski definition) is 1. The normalized spacial score (nSPS) is 18.4. The minimum absolute atomic E-state index is 0.0425. The van der Waals surface area contributed by atoms with Crippen molar-refractivity contribution < 1.29 is 9.90 Å². The number of nitrogens with zero attached hydrogens (tertiary/aromatic N) is 1. The number of phenols is 1. The van der Waals surface area contributed by atoms with Gasteiger partial charge in [-0.3, -0.25) is 4.79 Å². The van der Waals surface area contributed by atoms with Crippen LogP contribution in [0.15, 0.2) is 22.7 Å². The Morgan fingerprint density at radius 2 is 2.18 bits per heavy atom. The van der Waals surface area contributed by atoms with Crippen LogP contribution in [0.1, 0.15) is 37.0 Å². The molecule has 1 fully saturated rings. The van der Waals surface area contributed by atoms with Gasteiger partial charge in [0.25, 0.3) is 5.91 Å². The first kappa shape index (κ1) is 12.4. The zero-order chi connectivity index (χ0) is 12.6. The van der Waals surface area contributed by atoms with Crippen molar-refractivity contribution in [1.29, 1.82) is 0 Å². The van der Waals surface area contributed by atoms with Gasteiger partial charge >= 0.3 is 0 Å². The molecule has 1 aliphatic rings. The van der Waals surface area contributed by atoms with Gasteiger partial charge in [0.15, 0.2) is 0 Å². The van der Waals surface area contributed by atoms with Crippen LogP contribution >= 0.6 is 15.9 Å². The Morgan fingerprint density at radius 3 is 2.76 bits per heavy atom. The van der Waals surface area contributed by atoms with Gasteiger partial charge in [-0.2, -0.15) is 0 Å².